The highest BCUT2D eigenvalue weighted by Gasteiger charge is 2.16. The van der Waals surface area contributed by atoms with Crippen LogP contribution >= 0.6 is 24.0 Å². The van der Waals surface area contributed by atoms with Crippen molar-refractivity contribution in [3.05, 3.63) is 0 Å². The van der Waals surface area contributed by atoms with Crippen LogP contribution in [0.4, 0.5) is 0 Å². The number of aliphatic imine (C=N–C) groups is 1. The maximum Gasteiger partial charge on any atom is 0.191 e. The number of halogens is 1. The Hall–Kier alpha value is -0.0400. The van der Waals surface area contributed by atoms with E-state index in [-0.39, 0.29) is 29.6 Å². The molecule has 0 aromatic carbocycles. The number of ether oxygens (including phenoxy) is 1. The summed E-state index contributed by atoms with van der Waals surface area (Å²) in [5.41, 5.74) is -0.171. The van der Waals surface area contributed by atoms with Crippen molar-refractivity contribution in [3.8, 4) is 0 Å². The Bertz CT molecular complexity index is 243. The summed E-state index contributed by atoms with van der Waals surface area (Å²) in [5, 5.41) is 6.60. The molecule has 0 aromatic heterocycles. The first-order chi connectivity index (χ1) is 8.41. The third kappa shape index (κ3) is 12.7. The highest BCUT2D eigenvalue weighted by molar-refractivity contribution is 14.0. The molecule has 2 N–H and O–H groups in total. The average molecular weight is 385 g/mol. The van der Waals surface area contributed by atoms with Crippen LogP contribution in [0.25, 0.3) is 0 Å². The van der Waals surface area contributed by atoms with Crippen LogP contribution in [-0.4, -0.2) is 38.8 Å². The van der Waals surface area contributed by atoms with Crippen LogP contribution in [0.2, 0.25) is 0 Å². The predicted octanol–water partition coefficient (Wildman–Crippen LogP) is 3.02. The summed E-state index contributed by atoms with van der Waals surface area (Å²) >= 11 is 0. The van der Waals surface area contributed by atoms with Crippen LogP contribution in [0.1, 0.15) is 47.0 Å². The van der Waals surface area contributed by atoms with Crippen molar-refractivity contribution in [2.45, 2.75) is 52.6 Å². The maximum absolute atomic E-state index is 5.36. The van der Waals surface area contributed by atoms with Crippen LogP contribution in [-0.2, 0) is 4.74 Å². The Morgan fingerprint density at radius 1 is 1.21 bits per heavy atom. The van der Waals surface area contributed by atoms with Crippen molar-refractivity contribution in [2.24, 2.45) is 10.9 Å². The molecule has 116 valence electrons. The molecule has 0 saturated carbocycles. The molecule has 0 radical (unpaired) electrons. The van der Waals surface area contributed by atoms with E-state index in [0.29, 0.717) is 0 Å². The van der Waals surface area contributed by atoms with Gasteiger partial charge in [-0.1, -0.05) is 26.7 Å². The lowest BCUT2D eigenvalue weighted by atomic mass is 10.1. The third-order valence-electron chi connectivity index (χ3n) is 2.96. The van der Waals surface area contributed by atoms with Gasteiger partial charge < -0.3 is 15.4 Å². The van der Waals surface area contributed by atoms with Crippen molar-refractivity contribution < 1.29 is 4.74 Å². The van der Waals surface area contributed by atoms with E-state index in [0.717, 1.165) is 25.0 Å². The summed E-state index contributed by atoms with van der Waals surface area (Å²) in [7, 11) is 3.52. The molecule has 0 bridgehead atoms. The van der Waals surface area contributed by atoms with Crippen molar-refractivity contribution in [2.75, 3.05) is 27.2 Å². The molecule has 0 aliphatic carbocycles. The van der Waals surface area contributed by atoms with Gasteiger partial charge in [0, 0.05) is 27.2 Å². The van der Waals surface area contributed by atoms with Gasteiger partial charge in [0.1, 0.15) is 0 Å². The summed E-state index contributed by atoms with van der Waals surface area (Å²) in [6.45, 7) is 10.3. The normalized spacial score (nSPS) is 12.3. The number of hydrogen-bond acceptors (Lipinski definition) is 2. The maximum atomic E-state index is 5.36. The Morgan fingerprint density at radius 3 is 2.32 bits per heavy atom. The van der Waals surface area contributed by atoms with Gasteiger partial charge in [0.15, 0.2) is 5.96 Å². The lowest BCUT2D eigenvalue weighted by Crippen LogP contribution is -2.45. The number of methoxy groups -OCH3 is 1. The zero-order valence-electron chi connectivity index (χ0n) is 13.4. The first-order valence-corrected chi connectivity index (χ1v) is 6.91. The van der Waals surface area contributed by atoms with Gasteiger partial charge in [-0.15, -0.1) is 24.0 Å². The van der Waals surface area contributed by atoms with E-state index in [9.17, 15) is 0 Å². The topological polar surface area (TPSA) is 45.7 Å². The Balaban J connectivity index is 0. The molecule has 0 heterocycles. The number of hydrogen-bond donors (Lipinski definition) is 2. The molecule has 0 unspecified atom stereocenters. The Labute approximate surface area is 136 Å². The fourth-order valence-electron chi connectivity index (χ4n) is 1.47. The van der Waals surface area contributed by atoms with Gasteiger partial charge in [-0.05, 0) is 26.2 Å². The second kappa shape index (κ2) is 11.8. The quantitative estimate of drug-likeness (QED) is 0.292. The third-order valence-corrected chi connectivity index (χ3v) is 2.96. The number of rotatable bonds is 8. The smallest absolute Gasteiger partial charge is 0.191 e. The van der Waals surface area contributed by atoms with Gasteiger partial charge >= 0.3 is 0 Å². The molecule has 0 aliphatic heterocycles. The highest BCUT2D eigenvalue weighted by Crippen LogP contribution is 2.05. The lowest BCUT2D eigenvalue weighted by Gasteiger charge is -2.24. The van der Waals surface area contributed by atoms with Crippen LogP contribution in [0, 0.1) is 5.92 Å². The van der Waals surface area contributed by atoms with Gasteiger partial charge in [-0.2, -0.15) is 0 Å². The van der Waals surface area contributed by atoms with Gasteiger partial charge in [0.25, 0.3) is 0 Å². The molecule has 0 rings (SSSR count). The molecule has 0 atom stereocenters. The molecule has 4 nitrogen and oxygen atoms in total. The second-order valence-corrected chi connectivity index (χ2v) is 5.71. The lowest BCUT2D eigenvalue weighted by molar-refractivity contribution is 0.0268. The van der Waals surface area contributed by atoms with E-state index < -0.39 is 0 Å². The van der Waals surface area contributed by atoms with E-state index in [1.54, 1.807) is 14.2 Å². The van der Waals surface area contributed by atoms with Crippen molar-refractivity contribution >= 4 is 29.9 Å². The molecular formula is C14H32IN3O. The largest absolute Gasteiger partial charge is 0.377 e. The van der Waals surface area contributed by atoms with Gasteiger partial charge in [0.05, 0.1) is 5.60 Å². The summed E-state index contributed by atoms with van der Waals surface area (Å²) in [5.74, 6) is 1.65. The summed E-state index contributed by atoms with van der Waals surface area (Å²) in [4.78, 5) is 4.20. The number of unbranched alkanes of at least 4 members (excludes halogenated alkanes) is 1. The van der Waals surface area contributed by atoms with Crippen LogP contribution in [0.3, 0.4) is 0 Å². The predicted molar refractivity (Wildman–Crippen MR) is 94.6 cm³/mol. The van der Waals surface area contributed by atoms with Gasteiger partial charge in [-0.25, -0.2) is 0 Å². The highest BCUT2D eigenvalue weighted by atomic mass is 127. The fraction of sp³-hybridized carbons (Fsp3) is 0.929. The van der Waals surface area contributed by atoms with E-state index in [1.807, 2.05) is 0 Å². The first kappa shape index (κ1) is 21.3. The van der Waals surface area contributed by atoms with E-state index in [4.69, 9.17) is 4.74 Å². The standard InChI is InChI=1S/C14H31N3O.HI/c1-12(2)9-7-8-10-16-13(15-5)17-11-14(3,4)18-6;/h12H,7-11H2,1-6H3,(H2,15,16,17);1H. The van der Waals surface area contributed by atoms with E-state index >= 15 is 0 Å². The number of guanidine groups is 1. The number of nitrogens with one attached hydrogen (secondary N) is 2. The summed E-state index contributed by atoms with van der Waals surface area (Å²) < 4.78 is 5.36. The minimum absolute atomic E-state index is 0. The molecule has 19 heavy (non-hydrogen) atoms. The Kier molecular flexibility index (Phi) is 13.2. The Morgan fingerprint density at radius 2 is 1.84 bits per heavy atom. The molecule has 0 fully saturated rings. The first-order valence-electron chi connectivity index (χ1n) is 6.91. The van der Waals surface area contributed by atoms with Crippen LogP contribution < -0.4 is 10.6 Å². The minimum atomic E-state index is -0.171. The molecular weight excluding hydrogens is 353 g/mol. The molecule has 0 amide bonds. The second-order valence-electron chi connectivity index (χ2n) is 5.71. The average Bonchev–Trinajstić information content (AvgIpc) is 2.32. The van der Waals surface area contributed by atoms with Gasteiger partial charge in [0.2, 0.25) is 0 Å². The minimum Gasteiger partial charge on any atom is -0.377 e. The van der Waals surface area contributed by atoms with E-state index in [1.165, 1.54) is 19.3 Å². The van der Waals surface area contributed by atoms with E-state index in [2.05, 4.69) is 43.3 Å². The molecule has 5 heteroatoms. The van der Waals surface area contributed by atoms with Gasteiger partial charge in [-0.3, -0.25) is 4.99 Å². The van der Waals surface area contributed by atoms with Crippen molar-refractivity contribution in [1.29, 1.82) is 0 Å². The monoisotopic (exact) mass is 385 g/mol. The summed E-state index contributed by atoms with van der Waals surface area (Å²) in [6, 6.07) is 0. The van der Waals surface area contributed by atoms with Crippen LogP contribution in [0.5, 0.6) is 0 Å². The van der Waals surface area contributed by atoms with Crippen molar-refractivity contribution in [1.82, 2.24) is 10.6 Å². The molecule has 0 saturated heterocycles. The molecule has 0 aromatic rings. The van der Waals surface area contributed by atoms with Crippen LogP contribution in [0.15, 0.2) is 4.99 Å². The SMILES string of the molecule is CN=C(NCCCCC(C)C)NCC(C)(C)OC.I. The fourth-order valence-corrected chi connectivity index (χ4v) is 1.47. The molecule has 0 spiro atoms. The zero-order valence-corrected chi connectivity index (χ0v) is 15.7. The van der Waals surface area contributed by atoms with Crippen molar-refractivity contribution in [3.63, 3.8) is 0 Å². The summed E-state index contributed by atoms with van der Waals surface area (Å²) in [6.07, 6.45) is 3.75. The zero-order chi connectivity index (χ0) is 14.0. The molecule has 0 aliphatic rings. The number of nitrogens with zero attached hydrogens (tertiary/aromatic N) is 1.